The Bertz CT molecular complexity index is 688. The molecule has 0 spiro atoms. The fraction of sp³-hybridized carbons (Fsp3) is 0.214. The summed E-state index contributed by atoms with van der Waals surface area (Å²) in [6.07, 6.45) is 1.25. The molecule has 2 aromatic rings. The van der Waals surface area contributed by atoms with Crippen LogP contribution in [-0.4, -0.2) is 20.6 Å². The van der Waals surface area contributed by atoms with E-state index in [-0.39, 0.29) is 17.9 Å². The third kappa shape index (κ3) is 2.69. The number of aryl methyl sites for hydroxylation is 2. The molecular weight excluding hydrogens is 260 g/mol. The van der Waals surface area contributed by atoms with E-state index < -0.39 is 10.9 Å². The van der Waals surface area contributed by atoms with Crippen molar-refractivity contribution in [3.8, 4) is 0 Å². The summed E-state index contributed by atoms with van der Waals surface area (Å²) in [5, 5.41) is 19.8. The van der Waals surface area contributed by atoms with Gasteiger partial charge in [-0.25, -0.2) is 4.79 Å². The third-order valence-corrected chi connectivity index (χ3v) is 3.24. The van der Waals surface area contributed by atoms with Gasteiger partial charge in [0.2, 0.25) is 0 Å². The molecule has 0 bridgehead atoms. The first kappa shape index (κ1) is 13.8. The van der Waals surface area contributed by atoms with Crippen molar-refractivity contribution in [3.05, 3.63) is 63.0 Å². The summed E-state index contributed by atoms with van der Waals surface area (Å²) in [6.45, 7) is 4.24. The van der Waals surface area contributed by atoms with Gasteiger partial charge in [-0.3, -0.25) is 10.1 Å². The van der Waals surface area contributed by atoms with Crippen LogP contribution in [0.2, 0.25) is 0 Å². The molecule has 1 aromatic carbocycles. The Labute approximate surface area is 115 Å². The standard InChI is InChI=1S/C14H14N2O4/c1-9-3-4-11(5-10(9)2)7-15-8-12(16(19)20)6-13(15)14(17)18/h3-6,8H,7H2,1-2H3,(H,17,18). The first-order valence-corrected chi connectivity index (χ1v) is 6.02. The Morgan fingerprint density at radius 1 is 1.30 bits per heavy atom. The molecule has 20 heavy (non-hydrogen) atoms. The summed E-state index contributed by atoms with van der Waals surface area (Å²) >= 11 is 0. The number of nitro groups is 1. The van der Waals surface area contributed by atoms with Crippen molar-refractivity contribution in [3.63, 3.8) is 0 Å². The minimum Gasteiger partial charge on any atom is -0.477 e. The Kier molecular flexibility index (Phi) is 3.56. The topological polar surface area (TPSA) is 85.4 Å². The Morgan fingerprint density at radius 3 is 2.55 bits per heavy atom. The molecule has 0 aliphatic rings. The molecule has 0 atom stereocenters. The van der Waals surface area contributed by atoms with E-state index in [0.29, 0.717) is 0 Å². The molecule has 6 heteroatoms. The number of nitrogens with zero attached hydrogens (tertiary/aromatic N) is 2. The lowest BCUT2D eigenvalue weighted by molar-refractivity contribution is -0.384. The van der Waals surface area contributed by atoms with Gasteiger partial charge in [-0.15, -0.1) is 0 Å². The molecule has 1 N–H and O–H groups in total. The molecular formula is C14H14N2O4. The number of carbonyl (C=O) groups is 1. The highest BCUT2D eigenvalue weighted by atomic mass is 16.6. The summed E-state index contributed by atoms with van der Waals surface area (Å²) in [5.41, 5.74) is 2.84. The highest BCUT2D eigenvalue weighted by Crippen LogP contribution is 2.19. The first-order chi connectivity index (χ1) is 9.38. The van der Waals surface area contributed by atoms with Crippen LogP contribution in [0, 0.1) is 24.0 Å². The van der Waals surface area contributed by atoms with Crippen molar-refractivity contribution in [2.45, 2.75) is 20.4 Å². The fourth-order valence-corrected chi connectivity index (χ4v) is 2.00. The molecule has 1 aromatic heterocycles. The van der Waals surface area contributed by atoms with E-state index in [4.69, 9.17) is 5.11 Å². The second-order valence-corrected chi connectivity index (χ2v) is 4.69. The van der Waals surface area contributed by atoms with E-state index in [0.717, 1.165) is 22.8 Å². The fourth-order valence-electron chi connectivity index (χ4n) is 2.00. The van der Waals surface area contributed by atoms with Crippen LogP contribution in [0.25, 0.3) is 0 Å². The van der Waals surface area contributed by atoms with Gasteiger partial charge in [0.25, 0.3) is 5.69 Å². The zero-order valence-corrected chi connectivity index (χ0v) is 11.2. The summed E-state index contributed by atoms with van der Waals surface area (Å²) in [5.74, 6) is -1.18. The van der Waals surface area contributed by atoms with Crippen LogP contribution in [0.4, 0.5) is 5.69 Å². The van der Waals surface area contributed by atoms with Gasteiger partial charge < -0.3 is 9.67 Å². The van der Waals surface area contributed by atoms with Crippen LogP contribution in [0.1, 0.15) is 27.2 Å². The second kappa shape index (κ2) is 5.16. The molecule has 0 amide bonds. The maximum absolute atomic E-state index is 11.1. The Morgan fingerprint density at radius 2 is 2.00 bits per heavy atom. The van der Waals surface area contributed by atoms with E-state index in [1.807, 2.05) is 32.0 Å². The molecule has 6 nitrogen and oxygen atoms in total. The Hall–Kier alpha value is -2.63. The molecule has 0 radical (unpaired) electrons. The van der Waals surface area contributed by atoms with Crippen molar-refractivity contribution >= 4 is 11.7 Å². The maximum Gasteiger partial charge on any atom is 0.352 e. The predicted molar refractivity (Wildman–Crippen MR) is 73.1 cm³/mol. The lowest BCUT2D eigenvalue weighted by Crippen LogP contribution is -2.08. The van der Waals surface area contributed by atoms with Gasteiger partial charge >= 0.3 is 5.97 Å². The first-order valence-electron chi connectivity index (χ1n) is 6.02. The normalized spacial score (nSPS) is 10.5. The van der Waals surface area contributed by atoms with Crippen molar-refractivity contribution in [2.24, 2.45) is 0 Å². The number of hydrogen-bond donors (Lipinski definition) is 1. The smallest absolute Gasteiger partial charge is 0.352 e. The molecule has 0 saturated heterocycles. The van der Waals surface area contributed by atoms with Crippen LogP contribution >= 0.6 is 0 Å². The van der Waals surface area contributed by atoms with Crippen molar-refractivity contribution in [1.29, 1.82) is 0 Å². The van der Waals surface area contributed by atoms with Gasteiger partial charge in [0.1, 0.15) is 5.69 Å². The van der Waals surface area contributed by atoms with Crippen molar-refractivity contribution in [2.75, 3.05) is 0 Å². The average Bonchev–Trinajstić information content (AvgIpc) is 2.78. The number of carboxylic acid groups (broad SMARTS) is 1. The molecule has 0 aliphatic heterocycles. The largest absolute Gasteiger partial charge is 0.477 e. The predicted octanol–water partition coefficient (Wildman–Crippen LogP) is 2.76. The minimum absolute atomic E-state index is 0.0880. The van der Waals surface area contributed by atoms with Crippen LogP contribution < -0.4 is 0 Å². The minimum atomic E-state index is -1.18. The zero-order chi connectivity index (χ0) is 14.9. The molecule has 2 rings (SSSR count). The average molecular weight is 274 g/mol. The Balaban J connectivity index is 2.39. The molecule has 0 aliphatic carbocycles. The van der Waals surface area contributed by atoms with Crippen LogP contribution in [0.3, 0.4) is 0 Å². The van der Waals surface area contributed by atoms with Crippen molar-refractivity contribution in [1.82, 2.24) is 4.57 Å². The number of hydrogen-bond acceptors (Lipinski definition) is 3. The number of aromatic nitrogens is 1. The van der Waals surface area contributed by atoms with Crippen LogP contribution in [-0.2, 0) is 6.54 Å². The number of rotatable bonds is 4. The van der Waals surface area contributed by atoms with E-state index in [9.17, 15) is 14.9 Å². The summed E-state index contributed by atoms with van der Waals surface area (Å²) < 4.78 is 1.38. The lowest BCUT2D eigenvalue weighted by atomic mass is 10.1. The monoisotopic (exact) mass is 274 g/mol. The van der Waals surface area contributed by atoms with E-state index >= 15 is 0 Å². The van der Waals surface area contributed by atoms with E-state index in [2.05, 4.69) is 0 Å². The van der Waals surface area contributed by atoms with Gasteiger partial charge in [-0.2, -0.15) is 0 Å². The van der Waals surface area contributed by atoms with Crippen LogP contribution in [0.5, 0.6) is 0 Å². The van der Waals surface area contributed by atoms with Crippen LogP contribution in [0.15, 0.2) is 30.5 Å². The molecule has 1 heterocycles. The molecule has 0 saturated carbocycles. The number of carboxylic acids is 1. The quantitative estimate of drug-likeness (QED) is 0.686. The SMILES string of the molecule is Cc1ccc(Cn2cc([N+](=O)[O-])cc2C(=O)O)cc1C. The zero-order valence-electron chi connectivity index (χ0n) is 11.2. The van der Waals surface area contributed by atoms with Gasteiger partial charge in [-0.1, -0.05) is 18.2 Å². The maximum atomic E-state index is 11.1. The van der Waals surface area contributed by atoms with E-state index in [1.54, 1.807) is 0 Å². The van der Waals surface area contributed by atoms with E-state index in [1.165, 1.54) is 10.8 Å². The van der Waals surface area contributed by atoms with Gasteiger partial charge in [0.05, 0.1) is 11.1 Å². The summed E-state index contributed by atoms with van der Waals surface area (Å²) in [6, 6.07) is 6.86. The second-order valence-electron chi connectivity index (χ2n) is 4.69. The van der Waals surface area contributed by atoms with Crippen molar-refractivity contribution < 1.29 is 14.8 Å². The third-order valence-electron chi connectivity index (χ3n) is 3.24. The highest BCUT2D eigenvalue weighted by molar-refractivity contribution is 5.87. The number of benzene rings is 1. The summed E-state index contributed by atoms with van der Waals surface area (Å²) in [4.78, 5) is 21.3. The number of aromatic carboxylic acids is 1. The molecule has 0 unspecified atom stereocenters. The lowest BCUT2D eigenvalue weighted by Gasteiger charge is -2.08. The molecule has 0 fully saturated rings. The van der Waals surface area contributed by atoms with Gasteiger partial charge in [-0.05, 0) is 30.5 Å². The van der Waals surface area contributed by atoms with Gasteiger partial charge in [0, 0.05) is 12.6 Å². The van der Waals surface area contributed by atoms with Gasteiger partial charge in [0.15, 0.2) is 0 Å². The highest BCUT2D eigenvalue weighted by Gasteiger charge is 2.18. The summed E-state index contributed by atoms with van der Waals surface area (Å²) in [7, 11) is 0. The molecule has 104 valence electrons.